The summed E-state index contributed by atoms with van der Waals surface area (Å²) in [6, 6.07) is 5.74. The van der Waals surface area contributed by atoms with Gasteiger partial charge in [0.25, 0.3) is 0 Å². The van der Waals surface area contributed by atoms with Crippen LogP contribution in [-0.2, 0) is 0 Å². The number of benzene rings is 1. The number of ether oxygens (including phenoxy) is 1. The molecule has 20 heavy (non-hydrogen) atoms. The maximum absolute atomic E-state index is 5.79. The van der Waals surface area contributed by atoms with Crippen molar-refractivity contribution in [2.45, 2.75) is 27.7 Å². The van der Waals surface area contributed by atoms with E-state index in [4.69, 9.17) is 22.7 Å². The summed E-state index contributed by atoms with van der Waals surface area (Å²) in [7, 11) is 1.66. The number of nitrogens with two attached hydrogens (primary N) is 1. The molecule has 0 radical (unpaired) electrons. The molecule has 0 bridgehead atoms. The Morgan fingerprint density at radius 2 is 1.90 bits per heavy atom. The standard InChI is InChI=1S/C16H24N2OS/c1-15(2)13(16(15,3)4)9-18-12-8-10(19-5)6-7-11(12)14(17)20/h6-8,13,18H,9H2,1-5H3,(H2,17,20). The Morgan fingerprint density at radius 3 is 2.35 bits per heavy atom. The van der Waals surface area contributed by atoms with Gasteiger partial charge in [-0.2, -0.15) is 0 Å². The van der Waals surface area contributed by atoms with Crippen molar-refractivity contribution in [2.24, 2.45) is 22.5 Å². The fraction of sp³-hybridized carbons (Fsp3) is 0.562. The van der Waals surface area contributed by atoms with Gasteiger partial charge in [0.05, 0.1) is 7.11 Å². The van der Waals surface area contributed by atoms with Crippen LogP contribution in [0.2, 0.25) is 0 Å². The van der Waals surface area contributed by atoms with E-state index in [1.54, 1.807) is 7.11 Å². The Bertz CT molecular complexity index is 523. The fourth-order valence-electron chi connectivity index (χ4n) is 3.07. The van der Waals surface area contributed by atoms with Crippen LogP contribution in [0, 0.1) is 16.7 Å². The quantitative estimate of drug-likeness (QED) is 0.816. The van der Waals surface area contributed by atoms with Crippen molar-refractivity contribution in [3.63, 3.8) is 0 Å². The minimum atomic E-state index is 0.363. The summed E-state index contributed by atoms with van der Waals surface area (Å²) < 4.78 is 5.27. The number of rotatable bonds is 5. The molecular formula is C16H24N2OS. The molecule has 1 saturated carbocycles. The zero-order valence-electron chi connectivity index (χ0n) is 12.9. The summed E-state index contributed by atoms with van der Waals surface area (Å²) in [6.07, 6.45) is 0. The molecule has 2 rings (SSSR count). The second kappa shape index (κ2) is 4.92. The summed E-state index contributed by atoms with van der Waals surface area (Å²) >= 11 is 5.11. The van der Waals surface area contributed by atoms with E-state index in [-0.39, 0.29) is 0 Å². The minimum Gasteiger partial charge on any atom is -0.497 e. The first-order valence-electron chi connectivity index (χ1n) is 6.93. The summed E-state index contributed by atoms with van der Waals surface area (Å²) in [5.74, 6) is 1.45. The fourth-order valence-corrected chi connectivity index (χ4v) is 3.24. The van der Waals surface area contributed by atoms with Gasteiger partial charge in [-0.3, -0.25) is 0 Å². The third kappa shape index (κ3) is 2.37. The van der Waals surface area contributed by atoms with Crippen LogP contribution >= 0.6 is 12.2 Å². The topological polar surface area (TPSA) is 47.3 Å². The lowest BCUT2D eigenvalue weighted by Gasteiger charge is -2.13. The predicted octanol–water partition coefficient (Wildman–Crippen LogP) is 3.42. The SMILES string of the molecule is COc1ccc(C(N)=S)c(NCC2C(C)(C)C2(C)C)c1. The third-order valence-corrected chi connectivity index (χ3v) is 5.53. The molecule has 3 nitrogen and oxygen atoms in total. The maximum Gasteiger partial charge on any atom is 0.120 e. The maximum atomic E-state index is 5.79. The highest BCUT2D eigenvalue weighted by Crippen LogP contribution is 2.68. The molecule has 1 aliphatic carbocycles. The van der Waals surface area contributed by atoms with E-state index in [1.165, 1.54) is 0 Å². The van der Waals surface area contributed by atoms with Crippen molar-refractivity contribution in [1.29, 1.82) is 0 Å². The Labute approximate surface area is 126 Å². The molecule has 0 aliphatic heterocycles. The molecule has 0 spiro atoms. The van der Waals surface area contributed by atoms with E-state index >= 15 is 0 Å². The van der Waals surface area contributed by atoms with Crippen LogP contribution in [0.5, 0.6) is 5.75 Å². The molecule has 0 saturated heterocycles. The van der Waals surface area contributed by atoms with E-state index in [1.807, 2.05) is 18.2 Å². The Balaban J connectivity index is 2.15. The molecule has 1 aliphatic rings. The van der Waals surface area contributed by atoms with E-state index < -0.39 is 0 Å². The van der Waals surface area contributed by atoms with Gasteiger partial charge in [0.1, 0.15) is 10.7 Å². The highest BCUT2D eigenvalue weighted by molar-refractivity contribution is 7.80. The first kappa shape index (κ1) is 15.1. The lowest BCUT2D eigenvalue weighted by atomic mass is 10.0. The van der Waals surface area contributed by atoms with Crippen LogP contribution in [0.4, 0.5) is 5.69 Å². The van der Waals surface area contributed by atoms with Crippen LogP contribution in [0.3, 0.4) is 0 Å². The highest BCUT2D eigenvalue weighted by Gasteiger charge is 2.64. The molecule has 4 heteroatoms. The van der Waals surface area contributed by atoms with Crippen LogP contribution in [-0.4, -0.2) is 18.6 Å². The Kier molecular flexibility index (Phi) is 3.71. The smallest absolute Gasteiger partial charge is 0.120 e. The number of thiocarbonyl (C=S) groups is 1. The second-order valence-corrected chi connectivity index (χ2v) is 7.09. The number of hydrogen-bond donors (Lipinski definition) is 2. The van der Waals surface area contributed by atoms with E-state index in [2.05, 4.69) is 33.0 Å². The zero-order valence-corrected chi connectivity index (χ0v) is 13.7. The lowest BCUT2D eigenvalue weighted by molar-refractivity contribution is 0.415. The zero-order chi connectivity index (χ0) is 15.1. The number of nitrogens with one attached hydrogen (secondary N) is 1. The van der Waals surface area contributed by atoms with Crippen LogP contribution in [0.15, 0.2) is 18.2 Å². The molecule has 0 amide bonds. The van der Waals surface area contributed by atoms with Crippen LogP contribution < -0.4 is 15.8 Å². The van der Waals surface area contributed by atoms with Gasteiger partial charge in [-0.15, -0.1) is 0 Å². The van der Waals surface area contributed by atoms with Gasteiger partial charge in [0, 0.05) is 23.9 Å². The van der Waals surface area contributed by atoms with Crippen LogP contribution in [0.25, 0.3) is 0 Å². The summed E-state index contributed by atoms with van der Waals surface area (Å²) in [5, 5.41) is 3.50. The molecule has 1 aromatic rings. The molecule has 0 heterocycles. The number of hydrogen-bond acceptors (Lipinski definition) is 3. The van der Waals surface area contributed by atoms with Gasteiger partial charge >= 0.3 is 0 Å². The van der Waals surface area contributed by atoms with E-state index in [0.717, 1.165) is 23.5 Å². The Morgan fingerprint density at radius 1 is 1.30 bits per heavy atom. The average molecular weight is 292 g/mol. The van der Waals surface area contributed by atoms with E-state index in [0.29, 0.717) is 21.7 Å². The minimum absolute atomic E-state index is 0.363. The molecule has 0 aromatic heterocycles. The highest BCUT2D eigenvalue weighted by atomic mass is 32.1. The van der Waals surface area contributed by atoms with Gasteiger partial charge in [-0.25, -0.2) is 0 Å². The molecule has 1 aromatic carbocycles. The van der Waals surface area contributed by atoms with Crippen molar-refractivity contribution >= 4 is 22.9 Å². The van der Waals surface area contributed by atoms with E-state index in [9.17, 15) is 0 Å². The molecule has 0 unspecified atom stereocenters. The Hall–Kier alpha value is -1.29. The average Bonchev–Trinajstić information content (AvgIpc) is 2.76. The molecule has 1 fully saturated rings. The molecule has 0 atom stereocenters. The largest absolute Gasteiger partial charge is 0.497 e. The van der Waals surface area contributed by atoms with Gasteiger partial charge in [0.15, 0.2) is 0 Å². The van der Waals surface area contributed by atoms with Crippen molar-refractivity contribution in [1.82, 2.24) is 0 Å². The summed E-state index contributed by atoms with van der Waals surface area (Å²) in [4.78, 5) is 0.407. The molecular weight excluding hydrogens is 268 g/mol. The summed E-state index contributed by atoms with van der Waals surface area (Å²) in [5.41, 5.74) is 8.34. The first-order valence-corrected chi connectivity index (χ1v) is 7.34. The normalized spacial score (nSPS) is 19.4. The van der Waals surface area contributed by atoms with Gasteiger partial charge in [-0.05, 0) is 28.9 Å². The number of anilines is 1. The van der Waals surface area contributed by atoms with Crippen molar-refractivity contribution < 1.29 is 4.74 Å². The monoisotopic (exact) mass is 292 g/mol. The first-order chi connectivity index (χ1) is 9.21. The van der Waals surface area contributed by atoms with Crippen LogP contribution in [0.1, 0.15) is 33.3 Å². The van der Waals surface area contributed by atoms with Crippen molar-refractivity contribution in [3.8, 4) is 5.75 Å². The van der Waals surface area contributed by atoms with Crippen molar-refractivity contribution in [3.05, 3.63) is 23.8 Å². The lowest BCUT2D eigenvalue weighted by Crippen LogP contribution is -2.15. The third-order valence-electron chi connectivity index (χ3n) is 5.31. The van der Waals surface area contributed by atoms with Gasteiger partial charge in [-0.1, -0.05) is 39.9 Å². The van der Waals surface area contributed by atoms with Gasteiger partial charge < -0.3 is 15.8 Å². The van der Waals surface area contributed by atoms with Crippen molar-refractivity contribution in [2.75, 3.05) is 19.0 Å². The molecule has 110 valence electrons. The van der Waals surface area contributed by atoms with Gasteiger partial charge in [0.2, 0.25) is 0 Å². The number of methoxy groups -OCH3 is 1. The summed E-state index contributed by atoms with van der Waals surface area (Å²) in [6.45, 7) is 10.2. The second-order valence-electron chi connectivity index (χ2n) is 6.65. The molecule has 3 N–H and O–H groups in total. The predicted molar refractivity (Wildman–Crippen MR) is 88.4 cm³/mol.